The number of hydrogen-bond donors (Lipinski definition) is 0. The molecule has 3 aromatic heterocycles. The number of carbonyl (C=O) groups is 1. The van der Waals surface area contributed by atoms with Gasteiger partial charge in [0.1, 0.15) is 5.82 Å². The molecule has 4 rings (SSSR count). The number of amides is 1. The first-order valence-corrected chi connectivity index (χ1v) is 7.85. The minimum absolute atomic E-state index is 0.0202. The summed E-state index contributed by atoms with van der Waals surface area (Å²) in [5, 5.41) is 8.10. The molecule has 0 N–H and O–H groups in total. The third-order valence-corrected chi connectivity index (χ3v) is 4.23. The Kier molecular flexibility index (Phi) is 3.56. The van der Waals surface area contributed by atoms with Crippen LogP contribution in [-0.2, 0) is 0 Å². The van der Waals surface area contributed by atoms with Crippen LogP contribution in [0.5, 0.6) is 0 Å². The van der Waals surface area contributed by atoms with Crippen molar-refractivity contribution in [3.8, 4) is 0 Å². The van der Waals surface area contributed by atoms with Crippen LogP contribution in [0.4, 0.5) is 5.95 Å². The van der Waals surface area contributed by atoms with Gasteiger partial charge < -0.3 is 9.80 Å². The van der Waals surface area contributed by atoms with Crippen LogP contribution in [-0.4, -0.2) is 61.6 Å². The van der Waals surface area contributed by atoms with Crippen molar-refractivity contribution in [2.24, 2.45) is 0 Å². The highest BCUT2D eigenvalue weighted by molar-refractivity contribution is 5.95. The van der Waals surface area contributed by atoms with Gasteiger partial charge in [-0.25, -0.2) is 9.97 Å². The first kappa shape index (κ1) is 14.6. The summed E-state index contributed by atoms with van der Waals surface area (Å²) >= 11 is 0. The summed E-state index contributed by atoms with van der Waals surface area (Å²) in [6, 6.07) is 5.40. The van der Waals surface area contributed by atoms with Crippen LogP contribution in [0.3, 0.4) is 0 Å². The first-order valence-electron chi connectivity index (χ1n) is 7.85. The standard InChI is InChI=1S/C16H17N7O/c1-12-19-20-14-11-13(3-6-23(12)14)15(24)21-7-9-22(10-8-21)16-17-4-2-5-18-16/h2-6,11H,7-10H2,1H3. The van der Waals surface area contributed by atoms with E-state index in [1.165, 1.54) is 0 Å². The van der Waals surface area contributed by atoms with E-state index in [-0.39, 0.29) is 5.91 Å². The molecule has 0 atom stereocenters. The molecule has 0 aliphatic carbocycles. The van der Waals surface area contributed by atoms with Crippen LogP contribution in [0.25, 0.3) is 5.65 Å². The summed E-state index contributed by atoms with van der Waals surface area (Å²) in [7, 11) is 0. The van der Waals surface area contributed by atoms with E-state index < -0.39 is 0 Å². The molecule has 4 heterocycles. The summed E-state index contributed by atoms with van der Waals surface area (Å²) < 4.78 is 1.86. The highest BCUT2D eigenvalue weighted by Crippen LogP contribution is 2.14. The van der Waals surface area contributed by atoms with Gasteiger partial charge in [0.25, 0.3) is 5.91 Å². The number of aryl methyl sites for hydroxylation is 1. The highest BCUT2D eigenvalue weighted by Gasteiger charge is 2.23. The molecule has 0 saturated carbocycles. The molecule has 1 aliphatic heterocycles. The van der Waals surface area contributed by atoms with Crippen LogP contribution >= 0.6 is 0 Å². The van der Waals surface area contributed by atoms with E-state index in [2.05, 4.69) is 25.1 Å². The number of fused-ring (bicyclic) bond motifs is 1. The van der Waals surface area contributed by atoms with Gasteiger partial charge in [0, 0.05) is 50.3 Å². The second kappa shape index (κ2) is 5.88. The first-order chi connectivity index (χ1) is 11.7. The smallest absolute Gasteiger partial charge is 0.254 e. The van der Waals surface area contributed by atoms with Gasteiger partial charge in [0.2, 0.25) is 5.95 Å². The minimum atomic E-state index is 0.0202. The SMILES string of the molecule is Cc1nnc2cc(C(=O)N3CCN(c4ncccn4)CC3)ccn12. The topological polar surface area (TPSA) is 79.5 Å². The fourth-order valence-electron chi connectivity index (χ4n) is 2.89. The van der Waals surface area contributed by atoms with Crippen molar-refractivity contribution >= 4 is 17.5 Å². The Labute approximate surface area is 138 Å². The molecule has 0 spiro atoms. The fourth-order valence-corrected chi connectivity index (χ4v) is 2.89. The Bertz CT molecular complexity index is 869. The molecule has 0 aromatic carbocycles. The maximum atomic E-state index is 12.7. The van der Waals surface area contributed by atoms with Crippen molar-refractivity contribution in [3.63, 3.8) is 0 Å². The van der Waals surface area contributed by atoms with Crippen LogP contribution in [0.1, 0.15) is 16.2 Å². The van der Waals surface area contributed by atoms with Crippen LogP contribution in [0.2, 0.25) is 0 Å². The van der Waals surface area contributed by atoms with Crippen molar-refractivity contribution in [2.45, 2.75) is 6.92 Å². The van der Waals surface area contributed by atoms with Crippen molar-refractivity contribution in [1.82, 2.24) is 29.5 Å². The lowest BCUT2D eigenvalue weighted by atomic mass is 10.2. The molecule has 3 aromatic rings. The third kappa shape index (κ3) is 2.55. The van der Waals surface area contributed by atoms with Gasteiger partial charge >= 0.3 is 0 Å². The van der Waals surface area contributed by atoms with E-state index in [4.69, 9.17) is 0 Å². The van der Waals surface area contributed by atoms with E-state index in [1.54, 1.807) is 24.5 Å². The summed E-state index contributed by atoms with van der Waals surface area (Å²) in [6.07, 6.45) is 5.30. The lowest BCUT2D eigenvalue weighted by Gasteiger charge is -2.34. The second-order valence-corrected chi connectivity index (χ2v) is 5.72. The highest BCUT2D eigenvalue weighted by atomic mass is 16.2. The van der Waals surface area contributed by atoms with Crippen LogP contribution < -0.4 is 4.90 Å². The van der Waals surface area contributed by atoms with Gasteiger partial charge in [-0.3, -0.25) is 9.20 Å². The van der Waals surface area contributed by atoms with Gasteiger partial charge in [-0.05, 0) is 25.1 Å². The molecule has 8 heteroatoms. The maximum absolute atomic E-state index is 12.7. The minimum Gasteiger partial charge on any atom is -0.337 e. The van der Waals surface area contributed by atoms with Gasteiger partial charge in [0.15, 0.2) is 5.65 Å². The third-order valence-electron chi connectivity index (χ3n) is 4.23. The number of pyridine rings is 1. The zero-order chi connectivity index (χ0) is 16.5. The van der Waals surface area contributed by atoms with E-state index in [9.17, 15) is 4.79 Å². The summed E-state index contributed by atoms with van der Waals surface area (Å²) in [5.41, 5.74) is 1.33. The molecule has 1 amide bonds. The van der Waals surface area contributed by atoms with Crippen molar-refractivity contribution in [3.05, 3.63) is 48.2 Å². The molecule has 24 heavy (non-hydrogen) atoms. The second-order valence-electron chi connectivity index (χ2n) is 5.72. The van der Waals surface area contributed by atoms with E-state index in [0.717, 1.165) is 18.9 Å². The summed E-state index contributed by atoms with van der Waals surface area (Å²) in [6.45, 7) is 4.62. The van der Waals surface area contributed by atoms with Gasteiger partial charge in [0.05, 0.1) is 0 Å². The maximum Gasteiger partial charge on any atom is 0.254 e. The fraction of sp³-hybridized carbons (Fsp3) is 0.312. The molecule has 122 valence electrons. The average Bonchev–Trinajstić information content (AvgIpc) is 3.02. The summed E-state index contributed by atoms with van der Waals surface area (Å²) in [4.78, 5) is 25.2. The van der Waals surface area contributed by atoms with Gasteiger partial charge in [-0.15, -0.1) is 10.2 Å². The van der Waals surface area contributed by atoms with Crippen molar-refractivity contribution in [1.29, 1.82) is 0 Å². The zero-order valence-electron chi connectivity index (χ0n) is 13.3. The Morgan fingerprint density at radius 3 is 2.58 bits per heavy atom. The monoisotopic (exact) mass is 323 g/mol. The number of anilines is 1. The predicted octanol–water partition coefficient (Wildman–Crippen LogP) is 0.790. The molecule has 8 nitrogen and oxygen atoms in total. The quantitative estimate of drug-likeness (QED) is 0.694. The molecule has 0 radical (unpaired) electrons. The van der Waals surface area contributed by atoms with Gasteiger partial charge in [-0.1, -0.05) is 0 Å². The van der Waals surface area contributed by atoms with Crippen LogP contribution in [0.15, 0.2) is 36.8 Å². The lowest BCUT2D eigenvalue weighted by Crippen LogP contribution is -2.49. The number of nitrogens with zero attached hydrogens (tertiary/aromatic N) is 7. The number of carbonyl (C=O) groups excluding carboxylic acids is 1. The number of hydrogen-bond acceptors (Lipinski definition) is 6. The summed E-state index contributed by atoms with van der Waals surface area (Å²) in [5.74, 6) is 1.54. The Hall–Kier alpha value is -3.03. The molecular weight excluding hydrogens is 306 g/mol. The van der Waals surface area contributed by atoms with Crippen LogP contribution in [0, 0.1) is 6.92 Å². The van der Waals surface area contributed by atoms with E-state index >= 15 is 0 Å². The zero-order valence-corrected chi connectivity index (χ0v) is 13.3. The normalized spacial score (nSPS) is 15.0. The Morgan fingerprint density at radius 1 is 1.08 bits per heavy atom. The lowest BCUT2D eigenvalue weighted by molar-refractivity contribution is 0.0746. The number of rotatable bonds is 2. The average molecular weight is 323 g/mol. The number of aromatic nitrogens is 5. The Morgan fingerprint density at radius 2 is 1.83 bits per heavy atom. The predicted molar refractivity (Wildman–Crippen MR) is 87.9 cm³/mol. The Balaban J connectivity index is 1.47. The molecule has 1 saturated heterocycles. The molecular formula is C16H17N7O. The molecule has 0 bridgehead atoms. The molecule has 1 fully saturated rings. The molecule has 1 aliphatic rings. The van der Waals surface area contributed by atoms with Gasteiger partial charge in [-0.2, -0.15) is 0 Å². The molecule has 0 unspecified atom stereocenters. The van der Waals surface area contributed by atoms with Crippen molar-refractivity contribution in [2.75, 3.05) is 31.1 Å². The number of piperazine rings is 1. The van der Waals surface area contributed by atoms with E-state index in [1.807, 2.05) is 28.5 Å². The van der Waals surface area contributed by atoms with Crippen molar-refractivity contribution < 1.29 is 4.79 Å². The van der Waals surface area contributed by atoms with E-state index in [0.29, 0.717) is 30.2 Å². The largest absolute Gasteiger partial charge is 0.337 e.